The second kappa shape index (κ2) is 7.26. The number of rotatable bonds is 3. The lowest BCUT2D eigenvalue weighted by Crippen LogP contribution is -2.33. The number of aryl methyl sites for hydroxylation is 1. The zero-order valence-corrected chi connectivity index (χ0v) is 16.8. The Morgan fingerprint density at radius 2 is 1.87 bits per heavy atom. The molecule has 0 spiro atoms. The Hall–Kier alpha value is -4.18. The number of pyridine rings is 1. The second-order valence-corrected chi connectivity index (χ2v) is 7.48. The number of allylic oxidation sites excluding steroid dienone is 1. The van der Waals surface area contributed by atoms with Crippen LogP contribution in [-0.4, -0.2) is 11.4 Å². The third kappa shape index (κ3) is 3.09. The molecule has 0 amide bonds. The highest BCUT2D eigenvalue weighted by Crippen LogP contribution is 2.43. The van der Waals surface area contributed by atoms with Crippen molar-refractivity contribution in [2.75, 3.05) is 6.79 Å². The Morgan fingerprint density at radius 3 is 2.65 bits per heavy atom. The molecule has 2 aliphatic heterocycles. The van der Waals surface area contributed by atoms with Gasteiger partial charge in [0.25, 0.3) is 5.56 Å². The predicted octanol–water partition coefficient (Wildman–Crippen LogP) is 3.15. The van der Waals surface area contributed by atoms with Crippen molar-refractivity contribution in [1.82, 2.24) is 4.57 Å². The Morgan fingerprint density at radius 1 is 1.10 bits per heavy atom. The molecule has 2 N–H and O–H groups in total. The summed E-state index contributed by atoms with van der Waals surface area (Å²) in [5.41, 5.74) is 8.88. The molecule has 7 nitrogen and oxygen atoms in total. The Kier molecular flexibility index (Phi) is 4.41. The number of hydrogen-bond acceptors (Lipinski definition) is 6. The van der Waals surface area contributed by atoms with E-state index in [0.29, 0.717) is 34.9 Å². The third-order valence-corrected chi connectivity index (χ3v) is 5.60. The van der Waals surface area contributed by atoms with Crippen molar-refractivity contribution in [3.63, 3.8) is 0 Å². The zero-order valence-electron chi connectivity index (χ0n) is 16.8. The average molecular weight is 413 g/mol. The number of nitrogens with two attached hydrogens (primary N) is 1. The van der Waals surface area contributed by atoms with E-state index in [0.717, 1.165) is 11.3 Å². The fourth-order valence-electron chi connectivity index (χ4n) is 4.07. The normalized spacial score (nSPS) is 16.5. The van der Waals surface area contributed by atoms with Crippen LogP contribution in [-0.2, 0) is 6.54 Å². The standard InChI is InChI=1S/C24H19N3O4/c1-14-9-20-22(24(28)27(14)12-15-5-3-2-4-6-15)21(17(11-25)23(26)31-20)16-7-8-18-19(10-16)30-13-29-18/h2-10,21H,12-13,26H2,1H3/t21-/m1/s1. The van der Waals surface area contributed by atoms with Crippen LogP contribution in [0.15, 0.2) is 70.8 Å². The molecule has 1 aromatic heterocycles. The molecule has 0 radical (unpaired) electrons. The van der Waals surface area contributed by atoms with E-state index >= 15 is 0 Å². The fraction of sp³-hybridized carbons (Fsp3) is 0.167. The summed E-state index contributed by atoms with van der Waals surface area (Å²) in [6, 6.07) is 19.0. The minimum atomic E-state index is -0.668. The molecule has 3 heterocycles. The number of nitriles is 1. The molecule has 0 bridgehead atoms. The summed E-state index contributed by atoms with van der Waals surface area (Å²) < 4.78 is 18.3. The topological polar surface area (TPSA) is 99.5 Å². The maximum Gasteiger partial charge on any atom is 0.259 e. The van der Waals surface area contributed by atoms with Crippen LogP contribution >= 0.6 is 0 Å². The van der Waals surface area contributed by atoms with Crippen LogP contribution in [0.4, 0.5) is 0 Å². The number of hydrogen-bond donors (Lipinski definition) is 1. The molecule has 2 aliphatic rings. The molecule has 0 fully saturated rings. The van der Waals surface area contributed by atoms with Crippen molar-refractivity contribution in [3.8, 4) is 23.3 Å². The number of benzene rings is 2. The highest BCUT2D eigenvalue weighted by molar-refractivity contribution is 5.57. The van der Waals surface area contributed by atoms with Gasteiger partial charge >= 0.3 is 0 Å². The van der Waals surface area contributed by atoms with Gasteiger partial charge in [-0.05, 0) is 30.2 Å². The molecule has 0 saturated heterocycles. The molecule has 1 atom stereocenters. The molecule has 3 aromatic rings. The van der Waals surface area contributed by atoms with Gasteiger partial charge in [0.2, 0.25) is 12.7 Å². The zero-order chi connectivity index (χ0) is 21.5. The molecule has 31 heavy (non-hydrogen) atoms. The van der Waals surface area contributed by atoms with Crippen LogP contribution in [0.25, 0.3) is 0 Å². The minimum Gasteiger partial charge on any atom is -0.454 e. The summed E-state index contributed by atoms with van der Waals surface area (Å²) in [5, 5.41) is 9.83. The SMILES string of the molecule is Cc1cc2c(c(=O)n1Cc1ccccc1)[C@H](c1ccc3c(c1)OCO3)C(C#N)=C(N)O2. The summed E-state index contributed by atoms with van der Waals surface area (Å²) in [6.07, 6.45) is 0. The largest absolute Gasteiger partial charge is 0.454 e. The van der Waals surface area contributed by atoms with Gasteiger partial charge in [0.1, 0.15) is 17.4 Å². The highest BCUT2D eigenvalue weighted by atomic mass is 16.7. The van der Waals surface area contributed by atoms with Gasteiger partial charge in [0.05, 0.1) is 18.0 Å². The molecule has 0 unspecified atom stereocenters. The van der Waals surface area contributed by atoms with Gasteiger partial charge in [-0.15, -0.1) is 0 Å². The summed E-state index contributed by atoms with van der Waals surface area (Å²) >= 11 is 0. The molecule has 0 saturated carbocycles. The lowest BCUT2D eigenvalue weighted by atomic mass is 9.84. The van der Waals surface area contributed by atoms with Crippen molar-refractivity contribution in [2.24, 2.45) is 5.73 Å². The van der Waals surface area contributed by atoms with Crippen molar-refractivity contribution in [2.45, 2.75) is 19.4 Å². The van der Waals surface area contributed by atoms with Gasteiger partial charge in [0, 0.05) is 11.8 Å². The summed E-state index contributed by atoms with van der Waals surface area (Å²) in [4.78, 5) is 13.7. The van der Waals surface area contributed by atoms with Crippen LogP contribution in [0.2, 0.25) is 0 Å². The molecule has 2 aromatic carbocycles. The van der Waals surface area contributed by atoms with E-state index in [1.165, 1.54) is 0 Å². The fourth-order valence-corrected chi connectivity index (χ4v) is 4.07. The molecule has 154 valence electrons. The number of nitrogens with zero attached hydrogens (tertiary/aromatic N) is 2. The van der Waals surface area contributed by atoms with Gasteiger partial charge in [-0.3, -0.25) is 4.79 Å². The predicted molar refractivity (Wildman–Crippen MR) is 113 cm³/mol. The van der Waals surface area contributed by atoms with Gasteiger partial charge in [0.15, 0.2) is 11.5 Å². The van der Waals surface area contributed by atoms with E-state index in [-0.39, 0.29) is 23.8 Å². The number of ether oxygens (including phenoxy) is 3. The van der Waals surface area contributed by atoms with Crippen molar-refractivity contribution < 1.29 is 14.2 Å². The Labute approximate surface area is 178 Å². The Balaban J connectivity index is 1.70. The third-order valence-electron chi connectivity index (χ3n) is 5.60. The quantitative estimate of drug-likeness (QED) is 0.708. The molecular weight excluding hydrogens is 394 g/mol. The van der Waals surface area contributed by atoms with Crippen LogP contribution in [0, 0.1) is 18.3 Å². The van der Waals surface area contributed by atoms with E-state index in [4.69, 9.17) is 19.9 Å². The first kappa shape index (κ1) is 18.8. The maximum absolute atomic E-state index is 13.7. The van der Waals surface area contributed by atoms with Crippen LogP contribution in [0.3, 0.4) is 0 Å². The van der Waals surface area contributed by atoms with Crippen molar-refractivity contribution in [3.05, 3.63) is 98.8 Å². The van der Waals surface area contributed by atoms with Gasteiger partial charge < -0.3 is 24.5 Å². The monoisotopic (exact) mass is 413 g/mol. The lowest BCUT2D eigenvalue weighted by Gasteiger charge is -2.27. The molecule has 7 heteroatoms. The maximum atomic E-state index is 13.7. The number of fused-ring (bicyclic) bond motifs is 2. The smallest absolute Gasteiger partial charge is 0.259 e. The van der Waals surface area contributed by atoms with Crippen molar-refractivity contribution >= 4 is 0 Å². The van der Waals surface area contributed by atoms with Gasteiger partial charge in [-0.2, -0.15) is 5.26 Å². The second-order valence-electron chi connectivity index (χ2n) is 7.48. The highest BCUT2D eigenvalue weighted by Gasteiger charge is 2.35. The van der Waals surface area contributed by atoms with E-state index < -0.39 is 5.92 Å². The van der Waals surface area contributed by atoms with E-state index in [9.17, 15) is 10.1 Å². The van der Waals surface area contributed by atoms with E-state index in [1.807, 2.05) is 43.3 Å². The summed E-state index contributed by atoms with van der Waals surface area (Å²) in [6.45, 7) is 2.40. The van der Waals surface area contributed by atoms with Crippen LogP contribution < -0.4 is 25.5 Å². The first-order valence-corrected chi connectivity index (χ1v) is 9.82. The Bertz CT molecular complexity index is 1320. The molecular formula is C24H19N3O4. The van der Waals surface area contributed by atoms with Crippen LogP contribution in [0.5, 0.6) is 17.2 Å². The minimum absolute atomic E-state index is 0.00252. The van der Waals surface area contributed by atoms with E-state index in [2.05, 4.69) is 6.07 Å². The first-order valence-electron chi connectivity index (χ1n) is 9.82. The molecule has 0 aliphatic carbocycles. The van der Waals surface area contributed by atoms with Gasteiger partial charge in [-0.1, -0.05) is 36.4 Å². The number of aromatic nitrogens is 1. The first-order chi connectivity index (χ1) is 15.1. The average Bonchev–Trinajstić information content (AvgIpc) is 3.24. The van der Waals surface area contributed by atoms with Crippen molar-refractivity contribution in [1.29, 1.82) is 5.26 Å². The van der Waals surface area contributed by atoms with Gasteiger partial charge in [-0.25, -0.2) is 0 Å². The molecule has 5 rings (SSSR count). The summed E-state index contributed by atoms with van der Waals surface area (Å²) in [5.74, 6) is 0.886. The van der Waals surface area contributed by atoms with E-state index in [1.54, 1.807) is 22.8 Å². The lowest BCUT2D eigenvalue weighted by molar-refractivity contribution is 0.174. The van der Waals surface area contributed by atoms with Crippen LogP contribution in [0.1, 0.15) is 28.3 Å². The summed E-state index contributed by atoms with van der Waals surface area (Å²) in [7, 11) is 0.